The van der Waals surface area contributed by atoms with Gasteiger partial charge >= 0.3 is 0 Å². The van der Waals surface area contributed by atoms with Crippen molar-refractivity contribution in [1.82, 2.24) is 14.9 Å². The van der Waals surface area contributed by atoms with Crippen molar-refractivity contribution in [2.24, 2.45) is 0 Å². The van der Waals surface area contributed by atoms with Crippen LogP contribution < -0.4 is 0 Å². The van der Waals surface area contributed by atoms with E-state index >= 15 is 0 Å². The molecule has 5 heteroatoms. The molecule has 0 N–H and O–H groups in total. The van der Waals surface area contributed by atoms with Crippen molar-refractivity contribution in [2.45, 2.75) is 26.8 Å². The average molecular weight is 335 g/mol. The molecule has 1 aromatic carbocycles. The number of pyridine rings is 1. The molecule has 1 amide bonds. The van der Waals surface area contributed by atoms with Gasteiger partial charge in [0.1, 0.15) is 5.76 Å². The summed E-state index contributed by atoms with van der Waals surface area (Å²) in [5, 5.41) is 0. The molecule has 3 rings (SSSR count). The summed E-state index contributed by atoms with van der Waals surface area (Å²) >= 11 is 0. The van der Waals surface area contributed by atoms with Crippen LogP contribution in [0.5, 0.6) is 0 Å². The summed E-state index contributed by atoms with van der Waals surface area (Å²) < 4.78 is 5.71. The number of hydrogen-bond acceptors (Lipinski definition) is 4. The summed E-state index contributed by atoms with van der Waals surface area (Å²) in [5.74, 6) is 1.21. The highest BCUT2D eigenvalue weighted by Crippen LogP contribution is 2.21. The lowest BCUT2D eigenvalue weighted by Crippen LogP contribution is -2.31. The molecular formula is C20H21N3O2. The molecule has 25 heavy (non-hydrogen) atoms. The van der Waals surface area contributed by atoms with Gasteiger partial charge in [0.25, 0.3) is 0 Å². The van der Waals surface area contributed by atoms with Crippen molar-refractivity contribution in [1.29, 1.82) is 0 Å². The van der Waals surface area contributed by atoms with Crippen LogP contribution >= 0.6 is 0 Å². The van der Waals surface area contributed by atoms with Crippen LogP contribution in [0.2, 0.25) is 0 Å². The number of aromatic nitrogens is 2. The van der Waals surface area contributed by atoms with E-state index in [2.05, 4.69) is 9.97 Å². The van der Waals surface area contributed by atoms with Gasteiger partial charge in [-0.2, -0.15) is 0 Å². The summed E-state index contributed by atoms with van der Waals surface area (Å²) in [4.78, 5) is 23.1. The molecule has 0 aliphatic rings. The van der Waals surface area contributed by atoms with Gasteiger partial charge in [0, 0.05) is 25.5 Å². The van der Waals surface area contributed by atoms with Gasteiger partial charge in [0.2, 0.25) is 11.8 Å². The van der Waals surface area contributed by atoms with Crippen LogP contribution in [0.1, 0.15) is 23.9 Å². The lowest BCUT2D eigenvalue weighted by Gasteiger charge is -2.20. The fourth-order valence-electron chi connectivity index (χ4n) is 2.64. The third-order valence-corrected chi connectivity index (χ3v) is 4.07. The molecule has 0 radical (unpaired) electrons. The molecule has 0 unspecified atom stereocenters. The zero-order valence-electron chi connectivity index (χ0n) is 14.5. The maximum Gasteiger partial charge on any atom is 0.229 e. The Morgan fingerprint density at radius 2 is 1.96 bits per heavy atom. The monoisotopic (exact) mass is 335 g/mol. The number of carbonyl (C=O) groups is 1. The summed E-state index contributed by atoms with van der Waals surface area (Å²) in [6.07, 6.45) is 3.63. The molecule has 0 spiro atoms. The predicted octanol–water partition coefficient (Wildman–Crippen LogP) is 3.64. The first kappa shape index (κ1) is 16.9. The number of rotatable bonds is 6. The fraction of sp³-hybridized carbons (Fsp3) is 0.250. The lowest BCUT2D eigenvalue weighted by atomic mass is 10.2. The molecule has 0 bridgehead atoms. The number of hydrogen-bond donors (Lipinski definition) is 0. The minimum absolute atomic E-state index is 0.0421. The average Bonchev–Trinajstić information content (AvgIpc) is 3.02. The summed E-state index contributed by atoms with van der Waals surface area (Å²) in [6.45, 7) is 5.07. The van der Waals surface area contributed by atoms with Gasteiger partial charge in [-0.3, -0.25) is 9.78 Å². The van der Waals surface area contributed by atoms with Gasteiger partial charge in [-0.15, -0.1) is 0 Å². The summed E-state index contributed by atoms with van der Waals surface area (Å²) in [7, 11) is 0. The molecule has 2 heterocycles. The normalized spacial score (nSPS) is 10.6. The Labute approximate surface area is 147 Å². The molecule has 3 aromatic rings. The Balaban J connectivity index is 1.72. The van der Waals surface area contributed by atoms with Crippen molar-refractivity contribution in [2.75, 3.05) is 6.54 Å². The molecule has 0 fully saturated rings. The fourth-order valence-corrected chi connectivity index (χ4v) is 2.64. The van der Waals surface area contributed by atoms with Crippen molar-refractivity contribution >= 4 is 5.91 Å². The van der Waals surface area contributed by atoms with Gasteiger partial charge in [0.05, 0.1) is 17.7 Å². The van der Waals surface area contributed by atoms with E-state index in [1.807, 2.05) is 61.2 Å². The number of benzene rings is 1. The van der Waals surface area contributed by atoms with Crippen molar-refractivity contribution in [3.8, 4) is 11.5 Å². The Morgan fingerprint density at radius 1 is 1.16 bits per heavy atom. The third-order valence-electron chi connectivity index (χ3n) is 4.07. The van der Waals surface area contributed by atoms with Gasteiger partial charge in [0.15, 0.2) is 0 Å². The number of oxazole rings is 1. The minimum Gasteiger partial charge on any atom is -0.441 e. The quantitative estimate of drug-likeness (QED) is 0.690. The molecule has 128 valence electrons. The number of carbonyl (C=O) groups excluding carboxylic acids is 1. The Kier molecular flexibility index (Phi) is 5.23. The van der Waals surface area contributed by atoms with E-state index in [9.17, 15) is 4.79 Å². The smallest absolute Gasteiger partial charge is 0.229 e. The van der Waals surface area contributed by atoms with Gasteiger partial charge in [-0.25, -0.2) is 4.98 Å². The highest BCUT2D eigenvalue weighted by Gasteiger charge is 2.18. The minimum atomic E-state index is 0.0421. The van der Waals surface area contributed by atoms with Gasteiger partial charge in [-0.1, -0.05) is 30.3 Å². The zero-order chi connectivity index (χ0) is 17.6. The van der Waals surface area contributed by atoms with Crippen LogP contribution in [0.4, 0.5) is 0 Å². The number of nitrogens with zero attached hydrogens (tertiary/aromatic N) is 3. The van der Waals surface area contributed by atoms with E-state index in [4.69, 9.17) is 4.42 Å². The SMILES string of the molecule is CCN(Cc1ccccc1)C(=O)Cc1nc(-c2cccnc2)oc1C. The Morgan fingerprint density at radius 3 is 2.64 bits per heavy atom. The largest absolute Gasteiger partial charge is 0.441 e. The van der Waals surface area contributed by atoms with Crippen LogP contribution in [0.3, 0.4) is 0 Å². The van der Waals surface area contributed by atoms with E-state index in [-0.39, 0.29) is 12.3 Å². The third kappa shape index (κ3) is 4.12. The van der Waals surface area contributed by atoms with E-state index in [1.165, 1.54) is 0 Å². The molecule has 0 aliphatic carbocycles. The first-order valence-electron chi connectivity index (χ1n) is 8.35. The van der Waals surface area contributed by atoms with Crippen LogP contribution in [0.25, 0.3) is 11.5 Å². The summed E-state index contributed by atoms with van der Waals surface area (Å²) in [6, 6.07) is 13.7. The Hall–Kier alpha value is -2.95. The Bertz CT molecular complexity index is 829. The molecule has 0 aliphatic heterocycles. The van der Waals surface area contributed by atoms with Crippen LogP contribution in [-0.4, -0.2) is 27.3 Å². The maximum absolute atomic E-state index is 12.7. The molecular weight excluding hydrogens is 314 g/mol. The van der Waals surface area contributed by atoms with Crippen LogP contribution in [0, 0.1) is 6.92 Å². The van der Waals surface area contributed by atoms with Crippen molar-refractivity contribution in [3.05, 3.63) is 71.9 Å². The van der Waals surface area contributed by atoms with E-state index in [0.29, 0.717) is 30.4 Å². The maximum atomic E-state index is 12.7. The van der Waals surface area contributed by atoms with Crippen molar-refractivity contribution in [3.63, 3.8) is 0 Å². The van der Waals surface area contributed by atoms with E-state index < -0.39 is 0 Å². The second-order valence-electron chi connectivity index (χ2n) is 5.83. The first-order valence-corrected chi connectivity index (χ1v) is 8.35. The topological polar surface area (TPSA) is 59.2 Å². The second kappa shape index (κ2) is 7.75. The lowest BCUT2D eigenvalue weighted by molar-refractivity contribution is -0.130. The highest BCUT2D eigenvalue weighted by atomic mass is 16.4. The van der Waals surface area contributed by atoms with Crippen molar-refractivity contribution < 1.29 is 9.21 Å². The molecule has 0 atom stereocenters. The number of amides is 1. The molecule has 0 saturated carbocycles. The number of aryl methyl sites for hydroxylation is 1. The first-order chi connectivity index (χ1) is 12.2. The van der Waals surface area contributed by atoms with E-state index in [0.717, 1.165) is 11.1 Å². The second-order valence-corrected chi connectivity index (χ2v) is 5.83. The van der Waals surface area contributed by atoms with Crippen LogP contribution in [-0.2, 0) is 17.8 Å². The molecule has 2 aromatic heterocycles. The van der Waals surface area contributed by atoms with Gasteiger partial charge in [-0.05, 0) is 31.5 Å². The predicted molar refractivity (Wildman–Crippen MR) is 95.7 cm³/mol. The van der Waals surface area contributed by atoms with E-state index in [1.54, 1.807) is 12.4 Å². The molecule has 5 nitrogen and oxygen atoms in total. The molecule has 0 saturated heterocycles. The number of likely N-dealkylation sites (N-methyl/N-ethyl adjacent to an activating group) is 1. The van der Waals surface area contributed by atoms with Crippen LogP contribution in [0.15, 0.2) is 59.3 Å². The standard InChI is InChI=1S/C20H21N3O2/c1-3-23(14-16-8-5-4-6-9-16)19(24)12-18-15(2)25-20(22-18)17-10-7-11-21-13-17/h4-11,13H,3,12,14H2,1-2H3. The highest BCUT2D eigenvalue weighted by molar-refractivity contribution is 5.78. The van der Waals surface area contributed by atoms with Gasteiger partial charge < -0.3 is 9.32 Å². The summed E-state index contributed by atoms with van der Waals surface area (Å²) in [5.41, 5.74) is 2.60. The zero-order valence-corrected chi connectivity index (χ0v) is 14.5.